The van der Waals surface area contributed by atoms with Gasteiger partial charge >= 0.3 is 0 Å². The largest absolute Gasteiger partial charge is 0.396 e. The van der Waals surface area contributed by atoms with Crippen LogP contribution in [0.5, 0.6) is 0 Å². The molecule has 1 aromatic carbocycles. The minimum Gasteiger partial charge on any atom is -0.396 e. The molecule has 0 fully saturated rings. The summed E-state index contributed by atoms with van der Waals surface area (Å²) in [5, 5.41) is 18.3. The van der Waals surface area contributed by atoms with Gasteiger partial charge in [-0.1, -0.05) is 30.3 Å². The number of aliphatic hydroxyl groups is 1. The van der Waals surface area contributed by atoms with E-state index in [0.717, 1.165) is 5.56 Å². The SMILES string of the molecule is CN=C(NCC(=O)NCCOC)NCC(CO)c1ccccc1. The minimum absolute atomic E-state index is 0.0332. The maximum atomic E-state index is 11.6. The number of carbonyl (C=O) groups is 1. The van der Waals surface area contributed by atoms with Gasteiger partial charge in [-0.3, -0.25) is 9.79 Å². The Hall–Kier alpha value is -2.12. The molecule has 128 valence electrons. The molecule has 0 bridgehead atoms. The van der Waals surface area contributed by atoms with E-state index in [4.69, 9.17) is 4.74 Å². The van der Waals surface area contributed by atoms with Gasteiger partial charge in [0.1, 0.15) is 0 Å². The molecule has 0 spiro atoms. The van der Waals surface area contributed by atoms with Crippen molar-refractivity contribution in [3.63, 3.8) is 0 Å². The highest BCUT2D eigenvalue weighted by Crippen LogP contribution is 2.13. The third-order valence-corrected chi connectivity index (χ3v) is 3.28. The summed E-state index contributed by atoms with van der Waals surface area (Å²) in [7, 11) is 3.22. The normalized spacial score (nSPS) is 12.6. The minimum atomic E-state index is -0.133. The second-order valence-electron chi connectivity index (χ2n) is 4.94. The quantitative estimate of drug-likeness (QED) is 0.284. The molecule has 1 atom stereocenters. The summed E-state index contributed by atoms with van der Waals surface area (Å²) in [5.41, 5.74) is 1.05. The number of carbonyl (C=O) groups excluding carboxylic acids is 1. The van der Waals surface area contributed by atoms with Crippen molar-refractivity contribution in [2.75, 3.05) is 47.0 Å². The molecule has 23 heavy (non-hydrogen) atoms. The van der Waals surface area contributed by atoms with Crippen molar-refractivity contribution in [2.45, 2.75) is 5.92 Å². The lowest BCUT2D eigenvalue weighted by Crippen LogP contribution is -2.44. The van der Waals surface area contributed by atoms with Gasteiger partial charge in [0, 0.05) is 33.2 Å². The molecular weight excluding hydrogens is 296 g/mol. The van der Waals surface area contributed by atoms with Crippen LogP contribution < -0.4 is 16.0 Å². The Bertz CT molecular complexity index is 479. The first-order valence-electron chi connectivity index (χ1n) is 7.57. The molecule has 0 aliphatic carbocycles. The van der Waals surface area contributed by atoms with Crippen molar-refractivity contribution in [1.82, 2.24) is 16.0 Å². The van der Waals surface area contributed by atoms with Gasteiger partial charge in [-0.25, -0.2) is 0 Å². The second kappa shape index (κ2) is 11.4. The highest BCUT2D eigenvalue weighted by molar-refractivity contribution is 5.86. The number of nitrogens with zero attached hydrogens (tertiary/aromatic N) is 1. The van der Waals surface area contributed by atoms with Crippen LogP contribution in [-0.4, -0.2) is 64.0 Å². The van der Waals surface area contributed by atoms with Crippen LogP contribution in [0.25, 0.3) is 0 Å². The average molecular weight is 322 g/mol. The smallest absolute Gasteiger partial charge is 0.239 e. The number of aliphatic hydroxyl groups excluding tert-OH is 1. The summed E-state index contributed by atoms with van der Waals surface area (Å²) in [4.78, 5) is 15.7. The van der Waals surface area contributed by atoms with E-state index in [1.165, 1.54) is 0 Å². The molecule has 0 saturated heterocycles. The summed E-state index contributed by atoms with van der Waals surface area (Å²) >= 11 is 0. The fraction of sp³-hybridized carbons (Fsp3) is 0.500. The van der Waals surface area contributed by atoms with E-state index in [9.17, 15) is 9.90 Å². The zero-order valence-electron chi connectivity index (χ0n) is 13.7. The van der Waals surface area contributed by atoms with E-state index >= 15 is 0 Å². The molecule has 1 amide bonds. The lowest BCUT2D eigenvalue weighted by atomic mass is 10.0. The van der Waals surface area contributed by atoms with Gasteiger partial charge in [0.25, 0.3) is 0 Å². The van der Waals surface area contributed by atoms with Crippen molar-refractivity contribution in [3.8, 4) is 0 Å². The Balaban J connectivity index is 2.37. The van der Waals surface area contributed by atoms with Gasteiger partial charge in [-0.05, 0) is 5.56 Å². The Morgan fingerprint density at radius 1 is 1.26 bits per heavy atom. The van der Waals surface area contributed by atoms with E-state index in [1.807, 2.05) is 30.3 Å². The molecule has 1 unspecified atom stereocenters. The van der Waals surface area contributed by atoms with Crippen LogP contribution in [0.4, 0.5) is 0 Å². The molecule has 7 nitrogen and oxygen atoms in total. The number of amides is 1. The maximum Gasteiger partial charge on any atom is 0.239 e. The van der Waals surface area contributed by atoms with Gasteiger partial charge in [0.15, 0.2) is 5.96 Å². The van der Waals surface area contributed by atoms with Crippen molar-refractivity contribution in [2.24, 2.45) is 4.99 Å². The number of nitrogens with one attached hydrogen (secondary N) is 3. The fourth-order valence-electron chi connectivity index (χ4n) is 1.97. The van der Waals surface area contributed by atoms with Gasteiger partial charge in [-0.15, -0.1) is 0 Å². The number of ether oxygens (including phenoxy) is 1. The van der Waals surface area contributed by atoms with E-state index < -0.39 is 0 Å². The lowest BCUT2D eigenvalue weighted by Gasteiger charge is -2.18. The third kappa shape index (κ3) is 7.62. The monoisotopic (exact) mass is 322 g/mol. The van der Waals surface area contributed by atoms with E-state index in [1.54, 1.807) is 14.2 Å². The molecule has 0 saturated carbocycles. The van der Waals surface area contributed by atoms with Crippen molar-refractivity contribution in [3.05, 3.63) is 35.9 Å². The molecule has 0 aliphatic heterocycles. The molecule has 4 N–H and O–H groups in total. The van der Waals surface area contributed by atoms with Crippen LogP contribution in [0, 0.1) is 0 Å². The van der Waals surface area contributed by atoms with Gasteiger partial charge in [0.2, 0.25) is 5.91 Å². The van der Waals surface area contributed by atoms with E-state index in [-0.39, 0.29) is 25.0 Å². The highest BCUT2D eigenvalue weighted by atomic mass is 16.5. The molecule has 1 aromatic rings. The summed E-state index contributed by atoms with van der Waals surface area (Å²) < 4.78 is 4.86. The zero-order chi connectivity index (χ0) is 16.9. The van der Waals surface area contributed by atoms with Crippen molar-refractivity contribution >= 4 is 11.9 Å². The van der Waals surface area contributed by atoms with Crippen LogP contribution >= 0.6 is 0 Å². The molecule has 7 heteroatoms. The summed E-state index contributed by atoms with van der Waals surface area (Å²) in [5.74, 6) is 0.346. The van der Waals surface area contributed by atoms with Crippen molar-refractivity contribution < 1.29 is 14.6 Å². The summed E-state index contributed by atoms with van der Waals surface area (Å²) in [6.45, 7) is 1.63. The number of hydrogen-bond acceptors (Lipinski definition) is 4. The first kappa shape index (κ1) is 18.9. The average Bonchev–Trinajstić information content (AvgIpc) is 2.59. The fourth-order valence-corrected chi connectivity index (χ4v) is 1.97. The zero-order valence-corrected chi connectivity index (χ0v) is 13.7. The molecule has 1 rings (SSSR count). The molecule has 0 heterocycles. The predicted molar refractivity (Wildman–Crippen MR) is 90.5 cm³/mol. The van der Waals surface area contributed by atoms with Crippen LogP contribution in [-0.2, 0) is 9.53 Å². The number of methoxy groups -OCH3 is 1. The van der Waals surface area contributed by atoms with E-state index in [0.29, 0.717) is 25.7 Å². The number of benzene rings is 1. The van der Waals surface area contributed by atoms with Gasteiger partial charge < -0.3 is 25.8 Å². The summed E-state index contributed by atoms with van der Waals surface area (Å²) in [6, 6.07) is 9.77. The molecule has 0 aromatic heterocycles. The second-order valence-corrected chi connectivity index (χ2v) is 4.94. The predicted octanol–water partition coefficient (Wildman–Crippen LogP) is -0.310. The Labute approximate surface area is 137 Å². The lowest BCUT2D eigenvalue weighted by molar-refractivity contribution is -0.120. The number of hydrogen-bond donors (Lipinski definition) is 4. The number of rotatable bonds is 9. The number of aliphatic imine (C=N–C) groups is 1. The van der Waals surface area contributed by atoms with Gasteiger partial charge in [-0.2, -0.15) is 0 Å². The maximum absolute atomic E-state index is 11.6. The van der Waals surface area contributed by atoms with E-state index in [2.05, 4.69) is 20.9 Å². The van der Waals surface area contributed by atoms with Crippen LogP contribution in [0.2, 0.25) is 0 Å². The molecule has 0 radical (unpaired) electrons. The first-order valence-corrected chi connectivity index (χ1v) is 7.57. The van der Waals surface area contributed by atoms with Crippen LogP contribution in [0.3, 0.4) is 0 Å². The topological polar surface area (TPSA) is 95.0 Å². The summed E-state index contributed by atoms with van der Waals surface area (Å²) in [6.07, 6.45) is 0. The Kier molecular flexibility index (Phi) is 9.42. The third-order valence-electron chi connectivity index (χ3n) is 3.28. The van der Waals surface area contributed by atoms with Crippen LogP contribution in [0.1, 0.15) is 11.5 Å². The van der Waals surface area contributed by atoms with Crippen molar-refractivity contribution in [1.29, 1.82) is 0 Å². The van der Waals surface area contributed by atoms with Gasteiger partial charge in [0.05, 0.1) is 19.8 Å². The van der Waals surface area contributed by atoms with Crippen LogP contribution in [0.15, 0.2) is 35.3 Å². The molecular formula is C16H26N4O3. The Morgan fingerprint density at radius 2 is 2.00 bits per heavy atom. The highest BCUT2D eigenvalue weighted by Gasteiger charge is 2.11. The Morgan fingerprint density at radius 3 is 2.61 bits per heavy atom. The standard InChI is InChI=1S/C16H26N4O3/c1-17-16(20-11-15(22)18-8-9-23-2)19-10-14(12-21)13-6-4-3-5-7-13/h3-7,14,21H,8-12H2,1-2H3,(H,18,22)(H2,17,19,20). The molecule has 0 aliphatic rings. The number of guanidine groups is 1. The first-order chi connectivity index (χ1) is 11.2.